The highest BCUT2D eigenvalue weighted by molar-refractivity contribution is 8.01. The standard InChI is InChI=1S/C17H24N2OS2/c1-13-11-21-17(18-13)22-12-14-7-9-19(10-8-14)16(20)15-5-3-2-4-6-15/h2-3,11,14-15H,4-10,12H2,1H3/t15-/m1/s1. The quantitative estimate of drug-likeness (QED) is 0.612. The molecule has 0 bridgehead atoms. The summed E-state index contributed by atoms with van der Waals surface area (Å²) in [5, 5.41) is 2.11. The topological polar surface area (TPSA) is 33.2 Å². The highest BCUT2D eigenvalue weighted by Crippen LogP contribution is 2.30. The van der Waals surface area contributed by atoms with Gasteiger partial charge in [-0.1, -0.05) is 23.9 Å². The summed E-state index contributed by atoms with van der Waals surface area (Å²) >= 11 is 3.62. The molecule has 22 heavy (non-hydrogen) atoms. The summed E-state index contributed by atoms with van der Waals surface area (Å²) < 4.78 is 1.19. The first-order chi connectivity index (χ1) is 10.7. The summed E-state index contributed by atoms with van der Waals surface area (Å²) in [6, 6.07) is 0. The fourth-order valence-corrected chi connectivity index (χ4v) is 5.25. The molecule has 1 aliphatic carbocycles. The molecule has 120 valence electrons. The zero-order valence-electron chi connectivity index (χ0n) is 13.2. The maximum atomic E-state index is 12.5. The molecule has 3 nitrogen and oxygen atoms in total. The van der Waals surface area contributed by atoms with Crippen molar-refractivity contribution < 1.29 is 4.79 Å². The van der Waals surface area contributed by atoms with E-state index in [2.05, 4.69) is 27.4 Å². The first-order valence-corrected chi connectivity index (χ1v) is 10.1. The smallest absolute Gasteiger partial charge is 0.226 e. The van der Waals surface area contributed by atoms with Crippen molar-refractivity contribution in [1.82, 2.24) is 9.88 Å². The third kappa shape index (κ3) is 4.13. The fraction of sp³-hybridized carbons (Fsp3) is 0.647. The Balaban J connectivity index is 1.42. The van der Waals surface area contributed by atoms with Gasteiger partial charge in [-0.15, -0.1) is 11.3 Å². The number of likely N-dealkylation sites (tertiary alicyclic amines) is 1. The molecule has 5 heteroatoms. The number of hydrogen-bond acceptors (Lipinski definition) is 4. The lowest BCUT2D eigenvalue weighted by Gasteiger charge is -2.34. The molecule has 0 aromatic carbocycles. The first-order valence-electron chi connectivity index (χ1n) is 8.21. The Morgan fingerprint density at radius 3 is 2.82 bits per heavy atom. The fourth-order valence-electron chi connectivity index (χ4n) is 3.18. The number of allylic oxidation sites excluding steroid dienone is 2. The monoisotopic (exact) mass is 336 g/mol. The van der Waals surface area contributed by atoms with Gasteiger partial charge in [-0.25, -0.2) is 4.98 Å². The van der Waals surface area contributed by atoms with Gasteiger partial charge in [0.15, 0.2) is 0 Å². The molecule has 0 N–H and O–H groups in total. The van der Waals surface area contributed by atoms with Crippen LogP contribution in [0, 0.1) is 18.8 Å². The van der Waals surface area contributed by atoms with E-state index in [0.29, 0.717) is 5.91 Å². The highest BCUT2D eigenvalue weighted by atomic mass is 32.2. The molecule has 2 heterocycles. The van der Waals surface area contributed by atoms with Crippen LogP contribution in [-0.2, 0) is 4.79 Å². The van der Waals surface area contributed by atoms with Gasteiger partial charge in [-0.3, -0.25) is 4.79 Å². The minimum Gasteiger partial charge on any atom is -0.342 e. The van der Waals surface area contributed by atoms with Crippen LogP contribution >= 0.6 is 23.1 Å². The van der Waals surface area contributed by atoms with E-state index < -0.39 is 0 Å². The highest BCUT2D eigenvalue weighted by Gasteiger charge is 2.28. The van der Waals surface area contributed by atoms with Crippen LogP contribution in [0.3, 0.4) is 0 Å². The molecule has 0 unspecified atom stereocenters. The summed E-state index contributed by atoms with van der Waals surface area (Å²) in [6.45, 7) is 3.94. The number of thiazole rings is 1. The summed E-state index contributed by atoms with van der Waals surface area (Å²) in [7, 11) is 0. The molecule has 1 aromatic heterocycles. The Morgan fingerprint density at radius 1 is 1.36 bits per heavy atom. The molecule has 1 saturated heterocycles. The Bertz CT molecular complexity index is 533. The average molecular weight is 337 g/mol. The molecule has 1 amide bonds. The summed E-state index contributed by atoms with van der Waals surface area (Å²) in [6.07, 6.45) is 9.71. The molecule has 0 saturated carbocycles. The minimum absolute atomic E-state index is 0.245. The molecule has 0 radical (unpaired) electrons. The van der Waals surface area contributed by atoms with Gasteiger partial charge in [-0.2, -0.15) is 0 Å². The molecule has 3 rings (SSSR count). The van der Waals surface area contributed by atoms with Crippen LogP contribution in [0.25, 0.3) is 0 Å². The van der Waals surface area contributed by atoms with Crippen LogP contribution in [0.1, 0.15) is 37.8 Å². The van der Waals surface area contributed by atoms with E-state index in [0.717, 1.165) is 62.6 Å². The summed E-state index contributed by atoms with van der Waals surface area (Å²) in [4.78, 5) is 19.1. The van der Waals surface area contributed by atoms with Crippen molar-refractivity contribution in [3.63, 3.8) is 0 Å². The van der Waals surface area contributed by atoms with Crippen molar-refractivity contribution in [3.8, 4) is 0 Å². The molecular formula is C17H24N2OS2. The van der Waals surface area contributed by atoms with Crippen molar-refractivity contribution in [2.24, 2.45) is 11.8 Å². The number of aromatic nitrogens is 1. The molecular weight excluding hydrogens is 312 g/mol. The predicted octanol–water partition coefficient (Wildman–Crippen LogP) is 4.14. The number of carbonyl (C=O) groups excluding carboxylic acids is 1. The second-order valence-corrected chi connectivity index (χ2v) is 8.44. The van der Waals surface area contributed by atoms with Gasteiger partial charge in [0.2, 0.25) is 5.91 Å². The lowest BCUT2D eigenvalue weighted by molar-refractivity contribution is -0.137. The first kappa shape index (κ1) is 16.1. The number of thioether (sulfide) groups is 1. The molecule has 1 aromatic rings. The number of carbonyl (C=O) groups is 1. The van der Waals surface area contributed by atoms with Gasteiger partial charge in [0.25, 0.3) is 0 Å². The lowest BCUT2D eigenvalue weighted by atomic mass is 9.91. The Hall–Kier alpha value is -0.810. The van der Waals surface area contributed by atoms with Crippen LogP contribution in [0.4, 0.5) is 0 Å². The zero-order chi connectivity index (χ0) is 15.4. The van der Waals surface area contributed by atoms with Crippen LogP contribution in [-0.4, -0.2) is 34.6 Å². The number of amides is 1. The maximum absolute atomic E-state index is 12.5. The minimum atomic E-state index is 0.245. The third-order valence-electron chi connectivity index (χ3n) is 4.58. The molecule has 1 aliphatic heterocycles. The van der Waals surface area contributed by atoms with Gasteiger partial charge in [-0.05, 0) is 44.9 Å². The normalized spacial score (nSPS) is 23.0. The van der Waals surface area contributed by atoms with Gasteiger partial charge in [0.1, 0.15) is 4.34 Å². The Morgan fingerprint density at radius 2 is 2.18 bits per heavy atom. The van der Waals surface area contributed by atoms with Crippen LogP contribution < -0.4 is 0 Å². The van der Waals surface area contributed by atoms with Crippen molar-refractivity contribution in [3.05, 3.63) is 23.2 Å². The lowest BCUT2D eigenvalue weighted by Crippen LogP contribution is -2.42. The largest absolute Gasteiger partial charge is 0.342 e. The number of rotatable bonds is 4. The number of piperidine rings is 1. The second kappa shape index (κ2) is 7.64. The molecule has 1 atom stereocenters. The van der Waals surface area contributed by atoms with Gasteiger partial charge < -0.3 is 4.90 Å². The molecule has 1 fully saturated rings. The summed E-state index contributed by atoms with van der Waals surface area (Å²) in [5.41, 5.74) is 1.12. The molecule has 0 spiro atoms. The van der Waals surface area contributed by atoms with Gasteiger partial charge >= 0.3 is 0 Å². The summed E-state index contributed by atoms with van der Waals surface area (Å²) in [5.74, 6) is 2.51. The maximum Gasteiger partial charge on any atom is 0.226 e. The van der Waals surface area contributed by atoms with E-state index >= 15 is 0 Å². The average Bonchev–Trinajstić information content (AvgIpc) is 2.99. The Labute approximate surface area is 141 Å². The van der Waals surface area contributed by atoms with E-state index in [1.54, 1.807) is 11.3 Å². The van der Waals surface area contributed by atoms with Crippen molar-refractivity contribution >= 4 is 29.0 Å². The van der Waals surface area contributed by atoms with Crippen molar-refractivity contribution in [2.75, 3.05) is 18.8 Å². The number of hydrogen-bond donors (Lipinski definition) is 0. The van der Waals surface area contributed by atoms with E-state index in [1.807, 2.05) is 18.7 Å². The number of nitrogens with zero attached hydrogens (tertiary/aromatic N) is 2. The third-order valence-corrected chi connectivity index (χ3v) is 6.96. The van der Waals surface area contributed by atoms with E-state index in [9.17, 15) is 4.79 Å². The van der Waals surface area contributed by atoms with Crippen LogP contribution in [0.5, 0.6) is 0 Å². The Kier molecular flexibility index (Phi) is 5.58. The SMILES string of the molecule is Cc1csc(SCC2CCN(C(=O)[C@@H]3CC=CCC3)CC2)n1. The van der Waals surface area contributed by atoms with Gasteiger partial charge in [0.05, 0.1) is 0 Å². The van der Waals surface area contributed by atoms with E-state index in [1.165, 1.54) is 4.34 Å². The van der Waals surface area contributed by atoms with Crippen LogP contribution in [0.2, 0.25) is 0 Å². The van der Waals surface area contributed by atoms with Crippen molar-refractivity contribution in [2.45, 2.75) is 43.4 Å². The number of aryl methyl sites for hydroxylation is 1. The zero-order valence-corrected chi connectivity index (χ0v) is 14.8. The predicted molar refractivity (Wildman–Crippen MR) is 93.4 cm³/mol. The van der Waals surface area contributed by atoms with Crippen molar-refractivity contribution in [1.29, 1.82) is 0 Å². The second-order valence-electron chi connectivity index (χ2n) is 6.32. The van der Waals surface area contributed by atoms with E-state index in [-0.39, 0.29) is 5.92 Å². The van der Waals surface area contributed by atoms with E-state index in [4.69, 9.17) is 0 Å². The van der Waals surface area contributed by atoms with Crippen LogP contribution in [0.15, 0.2) is 21.9 Å². The molecule has 2 aliphatic rings. The van der Waals surface area contributed by atoms with Gasteiger partial charge in [0, 0.05) is 35.8 Å².